The Morgan fingerprint density at radius 2 is 1.81 bits per heavy atom. The summed E-state index contributed by atoms with van der Waals surface area (Å²) in [5, 5.41) is 4.67. The molecule has 1 atom stereocenters. The van der Waals surface area contributed by atoms with Crippen LogP contribution in [0.2, 0.25) is 15.1 Å². The summed E-state index contributed by atoms with van der Waals surface area (Å²) < 4.78 is 14.1. The minimum Gasteiger partial charge on any atom is -0.310 e. The van der Waals surface area contributed by atoms with E-state index >= 15 is 0 Å². The first-order chi connectivity index (χ1) is 10.0. The SMILES string of the molecule is CCNC(Cc1ccc(Cl)c(Cl)c1)c1c(F)cccc1Cl. The number of halogens is 4. The van der Waals surface area contributed by atoms with Crippen LogP contribution < -0.4 is 5.32 Å². The molecule has 1 N–H and O–H groups in total. The molecule has 0 amide bonds. The van der Waals surface area contributed by atoms with Crippen LogP contribution in [-0.2, 0) is 6.42 Å². The Labute approximate surface area is 139 Å². The molecular weight excluding hydrogens is 332 g/mol. The first kappa shape index (κ1) is 16.6. The van der Waals surface area contributed by atoms with Gasteiger partial charge >= 0.3 is 0 Å². The number of benzene rings is 2. The molecule has 112 valence electrons. The summed E-state index contributed by atoms with van der Waals surface area (Å²) in [6, 6.07) is 9.91. The summed E-state index contributed by atoms with van der Waals surface area (Å²) in [4.78, 5) is 0. The number of nitrogens with one attached hydrogen (secondary N) is 1. The van der Waals surface area contributed by atoms with Gasteiger partial charge in [-0.2, -0.15) is 0 Å². The van der Waals surface area contributed by atoms with Crippen molar-refractivity contribution in [3.8, 4) is 0 Å². The third-order valence-electron chi connectivity index (χ3n) is 3.22. The summed E-state index contributed by atoms with van der Waals surface area (Å²) in [5.74, 6) is -0.312. The Morgan fingerprint density at radius 1 is 1.05 bits per heavy atom. The molecule has 0 saturated carbocycles. The van der Waals surface area contributed by atoms with Crippen LogP contribution in [0.25, 0.3) is 0 Å². The average Bonchev–Trinajstić information content (AvgIpc) is 2.43. The largest absolute Gasteiger partial charge is 0.310 e. The van der Waals surface area contributed by atoms with E-state index in [4.69, 9.17) is 34.8 Å². The monoisotopic (exact) mass is 345 g/mol. The Kier molecular flexibility index (Phi) is 5.88. The maximum Gasteiger partial charge on any atom is 0.129 e. The number of hydrogen-bond donors (Lipinski definition) is 1. The average molecular weight is 347 g/mol. The Balaban J connectivity index is 2.33. The predicted octanol–water partition coefficient (Wildman–Crippen LogP) is 5.68. The molecule has 0 aliphatic carbocycles. The van der Waals surface area contributed by atoms with Gasteiger partial charge in [0, 0.05) is 16.6 Å². The second-order valence-corrected chi connectivity index (χ2v) is 5.92. The van der Waals surface area contributed by atoms with Gasteiger partial charge in [-0.1, -0.05) is 53.9 Å². The van der Waals surface area contributed by atoms with E-state index < -0.39 is 0 Å². The minimum atomic E-state index is -0.312. The van der Waals surface area contributed by atoms with Crippen molar-refractivity contribution in [2.24, 2.45) is 0 Å². The zero-order valence-electron chi connectivity index (χ0n) is 11.5. The summed E-state index contributed by atoms with van der Waals surface area (Å²) in [5.41, 5.74) is 1.45. The van der Waals surface area contributed by atoms with Crippen LogP contribution in [0.3, 0.4) is 0 Å². The topological polar surface area (TPSA) is 12.0 Å². The number of rotatable bonds is 5. The summed E-state index contributed by atoms with van der Waals surface area (Å²) in [7, 11) is 0. The lowest BCUT2D eigenvalue weighted by Crippen LogP contribution is -2.24. The molecule has 0 spiro atoms. The van der Waals surface area contributed by atoms with Crippen molar-refractivity contribution >= 4 is 34.8 Å². The van der Waals surface area contributed by atoms with Crippen molar-refractivity contribution in [3.63, 3.8) is 0 Å². The van der Waals surface area contributed by atoms with Gasteiger partial charge < -0.3 is 5.32 Å². The van der Waals surface area contributed by atoms with Gasteiger partial charge in [0.1, 0.15) is 5.82 Å². The zero-order valence-corrected chi connectivity index (χ0v) is 13.7. The summed E-state index contributed by atoms with van der Waals surface area (Å²) in [6.07, 6.45) is 0.575. The van der Waals surface area contributed by atoms with Gasteiger partial charge in [-0.3, -0.25) is 0 Å². The van der Waals surface area contributed by atoms with Crippen molar-refractivity contribution in [1.82, 2.24) is 5.32 Å². The van der Waals surface area contributed by atoms with Crippen LogP contribution >= 0.6 is 34.8 Å². The molecule has 2 aromatic rings. The molecule has 0 bridgehead atoms. The number of hydrogen-bond acceptors (Lipinski definition) is 1. The lowest BCUT2D eigenvalue weighted by Gasteiger charge is -2.20. The Morgan fingerprint density at radius 3 is 2.43 bits per heavy atom. The lowest BCUT2D eigenvalue weighted by atomic mass is 9.98. The van der Waals surface area contributed by atoms with E-state index in [-0.39, 0.29) is 11.9 Å². The van der Waals surface area contributed by atoms with Crippen LogP contribution in [0.4, 0.5) is 4.39 Å². The van der Waals surface area contributed by atoms with E-state index in [0.29, 0.717) is 33.6 Å². The molecule has 1 nitrogen and oxygen atoms in total. The molecule has 0 saturated heterocycles. The highest BCUT2D eigenvalue weighted by Gasteiger charge is 2.19. The second kappa shape index (κ2) is 7.46. The van der Waals surface area contributed by atoms with Gasteiger partial charge in [0.25, 0.3) is 0 Å². The molecule has 21 heavy (non-hydrogen) atoms. The smallest absolute Gasteiger partial charge is 0.129 e. The Hall–Kier alpha value is -0.800. The molecular formula is C16H15Cl3FN. The van der Waals surface area contributed by atoms with E-state index in [1.165, 1.54) is 6.07 Å². The van der Waals surface area contributed by atoms with E-state index in [9.17, 15) is 4.39 Å². The molecule has 0 aliphatic rings. The fourth-order valence-electron chi connectivity index (χ4n) is 2.27. The van der Waals surface area contributed by atoms with Gasteiger partial charge in [0.15, 0.2) is 0 Å². The van der Waals surface area contributed by atoms with E-state index in [0.717, 1.165) is 5.56 Å². The van der Waals surface area contributed by atoms with Gasteiger partial charge in [0.2, 0.25) is 0 Å². The minimum absolute atomic E-state index is 0.221. The highest BCUT2D eigenvalue weighted by atomic mass is 35.5. The fourth-order valence-corrected chi connectivity index (χ4v) is 2.88. The molecule has 5 heteroatoms. The van der Waals surface area contributed by atoms with Crippen molar-refractivity contribution < 1.29 is 4.39 Å². The summed E-state index contributed by atoms with van der Waals surface area (Å²) in [6.45, 7) is 2.67. The van der Waals surface area contributed by atoms with Crippen molar-refractivity contribution in [2.45, 2.75) is 19.4 Å². The second-order valence-electron chi connectivity index (χ2n) is 4.70. The first-order valence-electron chi connectivity index (χ1n) is 6.64. The van der Waals surface area contributed by atoms with Crippen molar-refractivity contribution in [3.05, 3.63) is 68.4 Å². The van der Waals surface area contributed by atoms with Crippen LogP contribution in [0.5, 0.6) is 0 Å². The van der Waals surface area contributed by atoms with Crippen LogP contribution in [0, 0.1) is 5.82 Å². The molecule has 1 unspecified atom stereocenters. The van der Waals surface area contributed by atoms with Crippen molar-refractivity contribution in [2.75, 3.05) is 6.54 Å². The quantitative estimate of drug-likeness (QED) is 0.734. The van der Waals surface area contributed by atoms with Gasteiger partial charge in [-0.15, -0.1) is 0 Å². The molecule has 0 aromatic heterocycles. The van der Waals surface area contributed by atoms with E-state index in [1.807, 2.05) is 13.0 Å². The van der Waals surface area contributed by atoms with Crippen LogP contribution in [0.1, 0.15) is 24.1 Å². The first-order valence-corrected chi connectivity index (χ1v) is 7.77. The fraction of sp³-hybridized carbons (Fsp3) is 0.250. The molecule has 2 aromatic carbocycles. The van der Waals surface area contributed by atoms with E-state index in [2.05, 4.69) is 5.32 Å². The maximum absolute atomic E-state index is 14.1. The van der Waals surface area contributed by atoms with Gasteiger partial charge in [-0.05, 0) is 42.8 Å². The third kappa shape index (κ3) is 4.10. The third-order valence-corrected chi connectivity index (χ3v) is 4.29. The molecule has 0 heterocycles. The van der Waals surface area contributed by atoms with Crippen LogP contribution in [-0.4, -0.2) is 6.54 Å². The van der Waals surface area contributed by atoms with E-state index in [1.54, 1.807) is 24.3 Å². The van der Waals surface area contributed by atoms with Gasteiger partial charge in [0.05, 0.1) is 10.0 Å². The van der Waals surface area contributed by atoms with Gasteiger partial charge in [-0.25, -0.2) is 4.39 Å². The highest BCUT2D eigenvalue weighted by molar-refractivity contribution is 6.42. The van der Waals surface area contributed by atoms with Crippen molar-refractivity contribution in [1.29, 1.82) is 0 Å². The standard InChI is InChI=1S/C16H15Cl3FN/c1-2-21-15(16-12(18)4-3-5-14(16)20)9-10-6-7-11(17)13(19)8-10/h3-8,15,21H,2,9H2,1H3. The predicted molar refractivity (Wildman–Crippen MR) is 88.0 cm³/mol. The highest BCUT2D eigenvalue weighted by Crippen LogP contribution is 2.30. The maximum atomic E-state index is 14.1. The molecule has 0 radical (unpaired) electrons. The lowest BCUT2D eigenvalue weighted by molar-refractivity contribution is 0.510. The molecule has 0 aliphatic heterocycles. The number of likely N-dealkylation sites (N-methyl/N-ethyl adjacent to an activating group) is 1. The van der Waals surface area contributed by atoms with Crippen LogP contribution in [0.15, 0.2) is 36.4 Å². The normalized spacial score (nSPS) is 12.4. The summed E-state index contributed by atoms with van der Waals surface area (Å²) >= 11 is 18.1. The zero-order chi connectivity index (χ0) is 15.4. The molecule has 0 fully saturated rings. The Bertz CT molecular complexity index is 611. The molecule has 2 rings (SSSR count).